The van der Waals surface area contributed by atoms with Gasteiger partial charge < -0.3 is 5.32 Å². The van der Waals surface area contributed by atoms with Gasteiger partial charge in [0.15, 0.2) is 0 Å². The third kappa shape index (κ3) is 3.34. The van der Waals surface area contributed by atoms with Gasteiger partial charge in [0.25, 0.3) is 5.91 Å². The Bertz CT molecular complexity index is 551. The molecule has 19 heavy (non-hydrogen) atoms. The molecule has 2 aromatic heterocycles. The molecule has 100 valence electrons. The molecular weight excluding hydrogens is 244 g/mol. The van der Waals surface area contributed by atoms with Gasteiger partial charge in [-0.2, -0.15) is 15.3 Å². The molecule has 0 aliphatic rings. The lowest BCUT2D eigenvalue weighted by molar-refractivity contribution is 0.0952. The Hall–Kier alpha value is -2.31. The van der Waals surface area contributed by atoms with E-state index in [9.17, 15) is 4.79 Å². The first-order valence-corrected chi connectivity index (χ1v) is 6.16. The number of H-pyrrole nitrogens is 1. The van der Waals surface area contributed by atoms with E-state index in [1.807, 2.05) is 13.8 Å². The van der Waals surface area contributed by atoms with Crippen molar-refractivity contribution < 1.29 is 4.79 Å². The number of carbonyl (C=O) groups is 1. The molecule has 0 radical (unpaired) electrons. The Morgan fingerprint density at radius 1 is 1.42 bits per heavy atom. The van der Waals surface area contributed by atoms with E-state index in [0.29, 0.717) is 30.6 Å². The van der Waals surface area contributed by atoms with Crippen molar-refractivity contribution in [3.63, 3.8) is 0 Å². The molecule has 2 rings (SSSR count). The van der Waals surface area contributed by atoms with Crippen LogP contribution < -0.4 is 5.32 Å². The molecule has 0 aliphatic heterocycles. The molecule has 0 spiro atoms. The second-order valence-electron chi connectivity index (χ2n) is 4.14. The molecule has 2 N–H and O–H groups in total. The van der Waals surface area contributed by atoms with Crippen LogP contribution >= 0.6 is 0 Å². The molecule has 0 saturated heterocycles. The van der Waals surface area contributed by atoms with E-state index in [1.165, 1.54) is 6.33 Å². The van der Waals surface area contributed by atoms with Gasteiger partial charge in [-0.15, -0.1) is 0 Å². The summed E-state index contributed by atoms with van der Waals surface area (Å²) in [4.78, 5) is 16.1. The van der Waals surface area contributed by atoms with Gasteiger partial charge in [-0.3, -0.25) is 9.89 Å². The molecule has 0 saturated carbocycles. The third-order valence-corrected chi connectivity index (χ3v) is 2.68. The number of aromatic amines is 1. The van der Waals surface area contributed by atoms with E-state index < -0.39 is 0 Å². The van der Waals surface area contributed by atoms with Gasteiger partial charge >= 0.3 is 0 Å². The topological polar surface area (TPSA) is 96.5 Å². The largest absolute Gasteiger partial charge is 0.352 e. The van der Waals surface area contributed by atoms with Crippen molar-refractivity contribution in [3.8, 4) is 0 Å². The predicted molar refractivity (Wildman–Crippen MR) is 68.6 cm³/mol. The fourth-order valence-corrected chi connectivity index (χ4v) is 1.71. The van der Waals surface area contributed by atoms with E-state index in [-0.39, 0.29) is 5.91 Å². The average Bonchev–Trinajstić information content (AvgIpc) is 2.91. The molecular formula is C12H16N6O. The fourth-order valence-electron chi connectivity index (χ4n) is 1.71. The van der Waals surface area contributed by atoms with E-state index in [0.717, 1.165) is 11.5 Å². The van der Waals surface area contributed by atoms with Crippen molar-refractivity contribution in [1.82, 2.24) is 30.7 Å². The number of nitrogens with zero attached hydrogens (tertiary/aromatic N) is 4. The van der Waals surface area contributed by atoms with Gasteiger partial charge in [0.1, 0.15) is 12.2 Å². The first kappa shape index (κ1) is 13.1. The lowest BCUT2D eigenvalue weighted by Gasteiger charge is -2.07. The Labute approximate surface area is 110 Å². The number of aromatic nitrogens is 5. The zero-order chi connectivity index (χ0) is 13.7. The van der Waals surface area contributed by atoms with E-state index >= 15 is 0 Å². The van der Waals surface area contributed by atoms with Crippen LogP contribution in [0.5, 0.6) is 0 Å². The molecule has 0 unspecified atom stereocenters. The Balaban J connectivity index is 1.97. The van der Waals surface area contributed by atoms with Crippen LogP contribution in [0.3, 0.4) is 0 Å². The summed E-state index contributed by atoms with van der Waals surface area (Å²) in [6.07, 6.45) is 2.74. The minimum atomic E-state index is -0.130. The van der Waals surface area contributed by atoms with E-state index in [1.54, 1.807) is 6.07 Å². The van der Waals surface area contributed by atoms with E-state index in [4.69, 9.17) is 0 Å². The van der Waals surface area contributed by atoms with Crippen LogP contribution in [-0.2, 0) is 12.8 Å². The first-order valence-electron chi connectivity index (χ1n) is 6.16. The highest BCUT2D eigenvalue weighted by Crippen LogP contribution is 2.07. The summed E-state index contributed by atoms with van der Waals surface area (Å²) in [6, 6.07) is 1.76. The molecule has 2 aromatic rings. The Kier molecular flexibility index (Phi) is 4.17. The summed E-state index contributed by atoms with van der Waals surface area (Å²) in [5.41, 5.74) is 2.04. The van der Waals surface area contributed by atoms with Crippen molar-refractivity contribution in [2.45, 2.75) is 26.7 Å². The zero-order valence-electron chi connectivity index (χ0n) is 11.0. The fraction of sp³-hybridized carbons (Fsp3) is 0.417. The summed E-state index contributed by atoms with van der Waals surface area (Å²) in [5, 5.41) is 17.3. The molecule has 0 bridgehead atoms. The number of amides is 1. The quantitative estimate of drug-likeness (QED) is 0.813. The van der Waals surface area contributed by atoms with Crippen molar-refractivity contribution >= 4 is 5.91 Å². The highest BCUT2D eigenvalue weighted by atomic mass is 16.1. The minimum Gasteiger partial charge on any atom is -0.352 e. The average molecular weight is 260 g/mol. The van der Waals surface area contributed by atoms with Crippen LogP contribution in [0.15, 0.2) is 12.4 Å². The molecule has 2 heterocycles. The third-order valence-electron chi connectivity index (χ3n) is 2.68. The first-order chi connectivity index (χ1) is 9.20. The van der Waals surface area contributed by atoms with Crippen molar-refractivity contribution in [2.24, 2.45) is 0 Å². The number of hydrogen-bond acceptors (Lipinski definition) is 5. The highest BCUT2D eigenvalue weighted by Gasteiger charge is 2.12. The van der Waals surface area contributed by atoms with Crippen molar-refractivity contribution in [2.75, 3.05) is 6.54 Å². The normalized spacial score (nSPS) is 10.4. The second-order valence-corrected chi connectivity index (χ2v) is 4.14. The second kappa shape index (κ2) is 6.03. The summed E-state index contributed by atoms with van der Waals surface area (Å²) < 4.78 is 0. The van der Waals surface area contributed by atoms with Crippen LogP contribution in [0.25, 0.3) is 0 Å². The maximum absolute atomic E-state index is 12.1. The molecule has 0 fully saturated rings. The molecule has 0 aromatic carbocycles. The summed E-state index contributed by atoms with van der Waals surface area (Å²) in [6.45, 7) is 4.26. The van der Waals surface area contributed by atoms with Gasteiger partial charge in [0, 0.05) is 13.0 Å². The number of rotatable bonds is 5. The highest BCUT2D eigenvalue weighted by molar-refractivity contribution is 5.95. The maximum Gasteiger partial charge on any atom is 0.253 e. The van der Waals surface area contributed by atoms with Gasteiger partial charge in [0.05, 0.1) is 17.0 Å². The molecule has 0 atom stereocenters. The number of hydrogen-bond donors (Lipinski definition) is 2. The van der Waals surface area contributed by atoms with Crippen LogP contribution in [0.2, 0.25) is 0 Å². The summed E-state index contributed by atoms with van der Waals surface area (Å²) in [7, 11) is 0. The van der Waals surface area contributed by atoms with Gasteiger partial charge in [0.2, 0.25) is 0 Å². The van der Waals surface area contributed by atoms with Crippen LogP contribution in [0.4, 0.5) is 0 Å². The summed E-state index contributed by atoms with van der Waals surface area (Å²) in [5.74, 6) is 0.620. The van der Waals surface area contributed by atoms with Crippen LogP contribution in [-0.4, -0.2) is 37.8 Å². The van der Waals surface area contributed by atoms with Crippen LogP contribution in [0.1, 0.15) is 34.5 Å². The molecule has 7 nitrogen and oxygen atoms in total. The maximum atomic E-state index is 12.1. The number of nitrogens with one attached hydrogen (secondary N) is 2. The van der Waals surface area contributed by atoms with Crippen molar-refractivity contribution in [3.05, 3.63) is 35.2 Å². The smallest absolute Gasteiger partial charge is 0.253 e. The van der Waals surface area contributed by atoms with Gasteiger partial charge in [-0.1, -0.05) is 6.92 Å². The Morgan fingerprint density at radius 3 is 2.95 bits per heavy atom. The van der Waals surface area contributed by atoms with Crippen LogP contribution in [0, 0.1) is 6.92 Å². The molecule has 0 aliphatic carbocycles. The lowest BCUT2D eigenvalue weighted by atomic mass is 10.1. The SMILES string of the molecule is CCc1nnc(C)cc1C(=O)NCCc1ncn[nH]1. The number of carbonyl (C=O) groups excluding carboxylic acids is 1. The monoisotopic (exact) mass is 260 g/mol. The molecule has 1 amide bonds. The van der Waals surface area contributed by atoms with Crippen molar-refractivity contribution in [1.29, 1.82) is 0 Å². The number of aryl methyl sites for hydroxylation is 2. The Morgan fingerprint density at radius 2 is 2.26 bits per heavy atom. The predicted octanol–water partition coefficient (Wildman–Crippen LogP) is 0.438. The summed E-state index contributed by atoms with van der Waals surface area (Å²) >= 11 is 0. The minimum absolute atomic E-state index is 0.130. The van der Waals surface area contributed by atoms with E-state index in [2.05, 4.69) is 30.7 Å². The molecule has 7 heteroatoms. The zero-order valence-corrected chi connectivity index (χ0v) is 11.0. The lowest BCUT2D eigenvalue weighted by Crippen LogP contribution is -2.27. The van der Waals surface area contributed by atoms with Gasteiger partial charge in [-0.05, 0) is 19.4 Å². The standard InChI is InChI=1S/C12H16N6O/c1-3-10-9(6-8(2)16-17-10)12(19)13-5-4-11-14-7-15-18-11/h6-7H,3-5H2,1-2H3,(H,13,19)(H,14,15,18). The van der Waals surface area contributed by atoms with Gasteiger partial charge in [-0.25, -0.2) is 4.98 Å².